The number of nitro groups is 1. The van der Waals surface area contributed by atoms with E-state index in [1.54, 1.807) is 19.2 Å². The molecule has 0 aliphatic heterocycles. The van der Waals surface area contributed by atoms with Gasteiger partial charge in [-0.05, 0) is 36.4 Å². The Labute approximate surface area is 160 Å². The maximum Gasteiger partial charge on any atom is 0.269 e. The first kappa shape index (κ1) is 17.4. The van der Waals surface area contributed by atoms with Crippen molar-refractivity contribution >= 4 is 28.1 Å². The highest BCUT2D eigenvalue weighted by Crippen LogP contribution is 2.29. The van der Waals surface area contributed by atoms with Gasteiger partial charge in [0.25, 0.3) is 5.69 Å². The highest BCUT2D eigenvalue weighted by molar-refractivity contribution is 5.92. The molecular weight excluding hydrogens is 356 g/mol. The van der Waals surface area contributed by atoms with E-state index in [0.717, 1.165) is 22.2 Å². The summed E-state index contributed by atoms with van der Waals surface area (Å²) >= 11 is 0. The Morgan fingerprint density at radius 3 is 2.50 bits per heavy atom. The highest BCUT2D eigenvalue weighted by atomic mass is 16.6. The van der Waals surface area contributed by atoms with Crippen molar-refractivity contribution in [3.8, 4) is 17.1 Å². The molecule has 0 aliphatic rings. The summed E-state index contributed by atoms with van der Waals surface area (Å²) in [5, 5.41) is 15.0. The minimum Gasteiger partial charge on any atom is -0.497 e. The number of benzene rings is 3. The van der Waals surface area contributed by atoms with Crippen LogP contribution in [0.2, 0.25) is 0 Å². The van der Waals surface area contributed by atoms with E-state index in [2.05, 4.69) is 15.3 Å². The summed E-state index contributed by atoms with van der Waals surface area (Å²) < 4.78 is 5.29. The molecule has 0 aliphatic carbocycles. The Hall–Kier alpha value is -4.00. The van der Waals surface area contributed by atoms with Crippen molar-refractivity contribution in [2.45, 2.75) is 0 Å². The molecule has 28 heavy (non-hydrogen) atoms. The van der Waals surface area contributed by atoms with Crippen LogP contribution < -0.4 is 10.1 Å². The van der Waals surface area contributed by atoms with Gasteiger partial charge in [-0.15, -0.1) is 0 Å². The number of para-hydroxylation sites is 1. The third-order valence-corrected chi connectivity index (χ3v) is 4.27. The van der Waals surface area contributed by atoms with Gasteiger partial charge in [-0.25, -0.2) is 9.97 Å². The number of rotatable bonds is 5. The lowest BCUT2D eigenvalue weighted by molar-refractivity contribution is -0.384. The molecule has 0 spiro atoms. The smallest absolute Gasteiger partial charge is 0.269 e. The van der Waals surface area contributed by atoms with Crippen LogP contribution in [0.5, 0.6) is 5.75 Å². The van der Waals surface area contributed by atoms with Crippen LogP contribution in [0.3, 0.4) is 0 Å². The van der Waals surface area contributed by atoms with E-state index in [9.17, 15) is 10.1 Å². The van der Waals surface area contributed by atoms with Gasteiger partial charge in [0.05, 0.1) is 17.5 Å². The van der Waals surface area contributed by atoms with E-state index < -0.39 is 4.92 Å². The van der Waals surface area contributed by atoms with Crippen molar-refractivity contribution in [3.63, 3.8) is 0 Å². The third-order valence-electron chi connectivity index (χ3n) is 4.27. The number of nitrogens with zero attached hydrogens (tertiary/aromatic N) is 3. The number of fused-ring (bicyclic) bond motifs is 1. The summed E-state index contributed by atoms with van der Waals surface area (Å²) in [7, 11) is 1.61. The monoisotopic (exact) mass is 372 g/mol. The molecule has 1 N–H and O–H groups in total. The molecule has 0 saturated heterocycles. The van der Waals surface area contributed by atoms with Crippen molar-refractivity contribution < 1.29 is 9.66 Å². The van der Waals surface area contributed by atoms with E-state index >= 15 is 0 Å². The summed E-state index contributed by atoms with van der Waals surface area (Å²) in [4.78, 5) is 19.8. The van der Waals surface area contributed by atoms with Crippen LogP contribution in [0.1, 0.15) is 0 Å². The second-order valence-electron chi connectivity index (χ2n) is 6.07. The summed E-state index contributed by atoms with van der Waals surface area (Å²) in [6.07, 6.45) is 0. The van der Waals surface area contributed by atoms with E-state index in [0.29, 0.717) is 17.3 Å². The molecule has 0 unspecified atom stereocenters. The third kappa shape index (κ3) is 3.45. The number of nitrogens with one attached hydrogen (secondary N) is 1. The lowest BCUT2D eigenvalue weighted by Crippen LogP contribution is -1.99. The molecule has 0 amide bonds. The summed E-state index contributed by atoms with van der Waals surface area (Å²) in [5.74, 6) is 1.90. The molecule has 0 bridgehead atoms. The minimum absolute atomic E-state index is 0.0372. The molecular formula is C21H16N4O3. The molecule has 0 radical (unpaired) electrons. The Kier molecular flexibility index (Phi) is 4.55. The van der Waals surface area contributed by atoms with Crippen molar-refractivity contribution in [2.24, 2.45) is 0 Å². The van der Waals surface area contributed by atoms with Crippen LogP contribution in [-0.2, 0) is 0 Å². The molecule has 0 fully saturated rings. The predicted molar refractivity (Wildman–Crippen MR) is 108 cm³/mol. The van der Waals surface area contributed by atoms with Crippen LogP contribution in [-0.4, -0.2) is 22.0 Å². The number of non-ortho nitro benzene ring substituents is 1. The first-order valence-electron chi connectivity index (χ1n) is 8.57. The molecule has 1 aromatic heterocycles. The largest absolute Gasteiger partial charge is 0.497 e. The average Bonchev–Trinajstić information content (AvgIpc) is 2.74. The standard InChI is InChI=1S/C21H16N4O3/c1-28-17-6-4-5-14(13-17)20-23-19-8-3-2-7-18(19)21(24-20)22-15-9-11-16(12-10-15)25(26)27/h2-13H,1H3,(H,22,23,24). The second kappa shape index (κ2) is 7.32. The SMILES string of the molecule is COc1cccc(-c2nc(Nc3ccc([N+](=O)[O-])cc3)c3ccccc3n2)c1. The summed E-state index contributed by atoms with van der Waals surface area (Å²) in [6.45, 7) is 0. The Morgan fingerprint density at radius 2 is 1.75 bits per heavy atom. The van der Waals surface area contributed by atoms with Crippen molar-refractivity contribution in [1.29, 1.82) is 0 Å². The van der Waals surface area contributed by atoms with Crippen molar-refractivity contribution in [2.75, 3.05) is 12.4 Å². The Balaban J connectivity index is 1.79. The first-order valence-corrected chi connectivity index (χ1v) is 8.57. The molecule has 3 aromatic carbocycles. The number of hydrogen-bond acceptors (Lipinski definition) is 6. The number of methoxy groups -OCH3 is 1. The molecule has 4 rings (SSSR count). The Morgan fingerprint density at radius 1 is 0.964 bits per heavy atom. The second-order valence-corrected chi connectivity index (χ2v) is 6.07. The maximum absolute atomic E-state index is 10.9. The minimum atomic E-state index is -0.426. The molecule has 4 aromatic rings. The van der Waals surface area contributed by atoms with Crippen LogP contribution in [0, 0.1) is 10.1 Å². The molecule has 1 heterocycles. The van der Waals surface area contributed by atoms with Crippen LogP contribution in [0.4, 0.5) is 17.2 Å². The Bertz CT molecular complexity index is 1160. The van der Waals surface area contributed by atoms with Gasteiger partial charge >= 0.3 is 0 Å². The fraction of sp³-hybridized carbons (Fsp3) is 0.0476. The number of nitro benzene ring substituents is 1. The quantitative estimate of drug-likeness (QED) is 0.393. The van der Waals surface area contributed by atoms with Gasteiger partial charge < -0.3 is 10.1 Å². The van der Waals surface area contributed by atoms with Crippen molar-refractivity contribution in [1.82, 2.24) is 9.97 Å². The summed E-state index contributed by atoms with van der Waals surface area (Å²) in [5.41, 5.74) is 2.36. The number of aromatic nitrogens is 2. The van der Waals surface area contributed by atoms with Gasteiger partial charge in [0.2, 0.25) is 0 Å². The topological polar surface area (TPSA) is 90.2 Å². The van der Waals surface area contributed by atoms with E-state index in [1.165, 1.54) is 12.1 Å². The molecule has 0 saturated carbocycles. The van der Waals surface area contributed by atoms with Crippen molar-refractivity contribution in [3.05, 3.63) is 82.9 Å². The maximum atomic E-state index is 10.9. The van der Waals surface area contributed by atoms with Gasteiger partial charge in [0, 0.05) is 28.8 Å². The van der Waals surface area contributed by atoms with Gasteiger partial charge in [-0.2, -0.15) is 0 Å². The number of ether oxygens (including phenoxy) is 1. The molecule has 0 atom stereocenters. The van der Waals surface area contributed by atoms with Crippen LogP contribution in [0.15, 0.2) is 72.8 Å². The zero-order valence-corrected chi connectivity index (χ0v) is 15.0. The number of hydrogen-bond donors (Lipinski definition) is 1. The fourth-order valence-corrected chi connectivity index (χ4v) is 2.87. The van der Waals surface area contributed by atoms with Gasteiger partial charge in [0.15, 0.2) is 5.82 Å². The normalized spacial score (nSPS) is 10.6. The summed E-state index contributed by atoms with van der Waals surface area (Å²) in [6, 6.07) is 21.4. The zero-order chi connectivity index (χ0) is 19.5. The molecule has 138 valence electrons. The van der Waals surface area contributed by atoms with E-state index in [4.69, 9.17) is 4.74 Å². The van der Waals surface area contributed by atoms with Crippen LogP contribution in [0.25, 0.3) is 22.3 Å². The van der Waals surface area contributed by atoms with Gasteiger partial charge in [0.1, 0.15) is 11.6 Å². The molecule has 7 nitrogen and oxygen atoms in total. The predicted octanol–water partition coefficient (Wildman–Crippen LogP) is 4.96. The number of anilines is 2. The first-order chi connectivity index (χ1) is 13.6. The van der Waals surface area contributed by atoms with Gasteiger partial charge in [-0.3, -0.25) is 10.1 Å². The zero-order valence-electron chi connectivity index (χ0n) is 15.0. The van der Waals surface area contributed by atoms with Crippen LogP contribution >= 0.6 is 0 Å². The fourth-order valence-electron chi connectivity index (χ4n) is 2.87. The lowest BCUT2D eigenvalue weighted by Gasteiger charge is -2.11. The lowest BCUT2D eigenvalue weighted by atomic mass is 10.1. The van der Waals surface area contributed by atoms with E-state index in [1.807, 2.05) is 48.5 Å². The van der Waals surface area contributed by atoms with E-state index in [-0.39, 0.29) is 5.69 Å². The van der Waals surface area contributed by atoms with Gasteiger partial charge in [-0.1, -0.05) is 24.3 Å². The average molecular weight is 372 g/mol. The highest BCUT2D eigenvalue weighted by Gasteiger charge is 2.11. The molecule has 7 heteroatoms.